The lowest BCUT2D eigenvalue weighted by atomic mass is 10.3. The summed E-state index contributed by atoms with van der Waals surface area (Å²) < 4.78 is 6.77. The van der Waals surface area contributed by atoms with Gasteiger partial charge < -0.3 is 15.4 Å². The minimum absolute atomic E-state index is 0.185. The molecule has 0 aromatic carbocycles. The molecule has 0 fully saturated rings. The monoisotopic (exact) mass is 308 g/mol. The number of hydrogen-bond acceptors (Lipinski definition) is 4. The number of rotatable bonds is 7. The number of thiophene rings is 1. The molecule has 2 aromatic heterocycles. The van der Waals surface area contributed by atoms with Crippen LogP contribution in [-0.4, -0.2) is 42.6 Å². The van der Waals surface area contributed by atoms with E-state index in [0.717, 1.165) is 16.3 Å². The molecule has 0 aliphatic rings. The molecule has 0 saturated heterocycles. The first-order valence-electron chi connectivity index (χ1n) is 6.79. The van der Waals surface area contributed by atoms with Crippen molar-refractivity contribution in [2.24, 2.45) is 0 Å². The van der Waals surface area contributed by atoms with Gasteiger partial charge in [-0.25, -0.2) is 4.79 Å². The van der Waals surface area contributed by atoms with Crippen molar-refractivity contribution in [3.63, 3.8) is 0 Å². The summed E-state index contributed by atoms with van der Waals surface area (Å²) in [5.41, 5.74) is 2.06. The van der Waals surface area contributed by atoms with Crippen LogP contribution in [-0.2, 0) is 11.3 Å². The Labute approximate surface area is 128 Å². The predicted molar refractivity (Wildman–Crippen MR) is 83.6 cm³/mol. The van der Waals surface area contributed by atoms with E-state index >= 15 is 0 Å². The Bertz CT molecular complexity index is 566. The molecule has 0 aliphatic heterocycles. The maximum Gasteiger partial charge on any atom is 0.314 e. The van der Waals surface area contributed by atoms with E-state index < -0.39 is 0 Å². The van der Waals surface area contributed by atoms with Gasteiger partial charge in [0, 0.05) is 25.9 Å². The molecule has 0 spiro atoms. The lowest BCUT2D eigenvalue weighted by Crippen LogP contribution is -2.38. The zero-order valence-corrected chi connectivity index (χ0v) is 13.1. The summed E-state index contributed by atoms with van der Waals surface area (Å²) in [6.07, 6.45) is 0. The Balaban J connectivity index is 1.80. The number of aryl methyl sites for hydroxylation is 1. The van der Waals surface area contributed by atoms with Gasteiger partial charge in [0.15, 0.2) is 0 Å². The fraction of sp³-hybridized carbons (Fsp3) is 0.429. The number of aromatic nitrogens is 2. The molecule has 6 nitrogen and oxygen atoms in total. The SMILES string of the molecule is COCCNC(=O)NCCn1nc(-c2cccs2)cc1C. The second-order valence-corrected chi connectivity index (χ2v) is 5.49. The highest BCUT2D eigenvalue weighted by molar-refractivity contribution is 7.13. The number of carbonyl (C=O) groups excluding carboxylic acids is 1. The topological polar surface area (TPSA) is 68.2 Å². The fourth-order valence-electron chi connectivity index (χ4n) is 1.89. The van der Waals surface area contributed by atoms with Crippen LogP contribution < -0.4 is 10.6 Å². The van der Waals surface area contributed by atoms with Gasteiger partial charge in [-0.1, -0.05) is 6.07 Å². The molecule has 2 heterocycles. The molecule has 114 valence electrons. The average Bonchev–Trinajstić information content (AvgIpc) is 3.09. The van der Waals surface area contributed by atoms with Gasteiger partial charge in [-0.3, -0.25) is 4.68 Å². The van der Waals surface area contributed by atoms with Crippen molar-refractivity contribution >= 4 is 17.4 Å². The molecule has 0 radical (unpaired) electrons. The number of amides is 2. The number of ether oxygens (including phenoxy) is 1. The summed E-state index contributed by atoms with van der Waals surface area (Å²) in [6.45, 7) is 4.21. The van der Waals surface area contributed by atoms with E-state index in [-0.39, 0.29) is 6.03 Å². The highest BCUT2D eigenvalue weighted by Crippen LogP contribution is 2.23. The van der Waals surface area contributed by atoms with Gasteiger partial charge in [0.25, 0.3) is 0 Å². The number of hydrogen-bond donors (Lipinski definition) is 2. The zero-order valence-electron chi connectivity index (χ0n) is 12.3. The summed E-state index contributed by atoms with van der Waals surface area (Å²) in [5.74, 6) is 0. The third-order valence-corrected chi connectivity index (χ3v) is 3.85. The van der Waals surface area contributed by atoms with Gasteiger partial charge in [-0.2, -0.15) is 5.10 Å². The highest BCUT2D eigenvalue weighted by Gasteiger charge is 2.07. The number of methoxy groups -OCH3 is 1. The normalized spacial score (nSPS) is 10.6. The van der Waals surface area contributed by atoms with Crippen molar-refractivity contribution in [1.29, 1.82) is 0 Å². The Morgan fingerprint density at radius 1 is 1.43 bits per heavy atom. The largest absolute Gasteiger partial charge is 0.383 e. The molecule has 7 heteroatoms. The Kier molecular flexibility index (Phi) is 5.77. The van der Waals surface area contributed by atoms with Crippen molar-refractivity contribution in [2.45, 2.75) is 13.5 Å². The van der Waals surface area contributed by atoms with E-state index in [0.29, 0.717) is 26.2 Å². The zero-order chi connectivity index (χ0) is 15.1. The van der Waals surface area contributed by atoms with Crippen LogP contribution in [0.2, 0.25) is 0 Å². The summed E-state index contributed by atoms with van der Waals surface area (Å²) in [5, 5.41) is 12.1. The Morgan fingerprint density at radius 2 is 2.24 bits per heavy atom. The molecule has 0 aliphatic carbocycles. The van der Waals surface area contributed by atoms with Crippen LogP contribution in [0.4, 0.5) is 4.79 Å². The van der Waals surface area contributed by atoms with Crippen LogP contribution in [0.3, 0.4) is 0 Å². The third kappa shape index (κ3) is 4.57. The first kappa shape index (κ1) is 15.5. The van der Waals surface area contributed by atoms with E-state index in [1.165, 1.54) is 0 Å². The second kappa shape index (κ2) is 7.80. The first-order chi connectivity index (χ1) is 10.2. The Hall–Kier alpha value is -1.86. The van der Waals surface area contributed by atoms with Gasteiger partial charge in [0.2, 0.25) is 0 Å². The van der Waals surface area contributed by atoms with E-state index in [1.807, 2.05) is 23.1 Å². The van der Waals surface area contributed by atoms with Crippen LogP contribution >= 0.6 is 11.3 Å². The molecule has 2 rings (SSSR count). The van der Waals surface area contributed by atoms with E-state index in [2.05, 4.69) is 27.9 Å². The fourth-order valence-corrected chi connectivity index (χ4v) is 2.57. The standard InChI is InChI=1S/C14H20N4O2S/c1-11-10-12(13-4-3-9-21-13)17-18(11)7-5-15-14(19)16-6-8-20-2/h3-4,9-10H,5-8H2,1-2H3,(H2,15,16,19). The first-order valence-corrected chi connectivity index (χ1v) is 7.67. The number of carbonyl (C=O) groups is 1. The molecule has 0 bridgehead atoms. The lowest BCUT2D eigenvalue weighted by molar-refractivity contribution is 0.196. The van der Waals surface area contributed by atoms with Crippen molar-refractivity contribution in [3.05, 3.63) is 29.3 Å². The smallest absolute Gasteiger partial charge is 0.314 e. The van der Waals surface area contributed by atoms with Crippen molar-refractivity contribution < 1.29 is 9.53 Å². The maximum atomic E-state index is 11.5. The molecule has 2 N–H and O–H groups in total. The van der Waals surface area contributed by atoms with Gasteiger partial charge in [0.1, 0.15) is 5.69 Å². The minimum atomic E-state index is -0.185. The van der Waals surface area contributed by atoms with Crippen molar-refractivity contribution in [3.8, 4) is 10.6 Å². The molecule has 0 saturated carbocycles. The third-order valence-electron chi connectivity index (χ3n) is 2.96. The number of nitrogens with zero attached hydrogens (tertiary/aromatic N) is 2. The average molecular weight is 308 g/mol. The van der Waals surface area contributed by atoms with Gasteiger partial charge in [-0.15, -0.1) is 11.3 Å². The Morgan fingerprint density at radius 3 is 2.95 bits per heavy atom. The maximum absolute atomic E-state index is 11.5. The van der Waals surface area contributed by atoms with Crippen LogP contribution in [0, 0.1) is 6.92 Å². The summed E-state index contributed by atoms with van der Waals surface area (Å²) in [4.78, 5) is 12.6. The molecule has 2 amide bonds. The quantitative estimate of drug-likeness (QED) is 0.767. The minimum Gasteiger partial charge on any atom is -0.383 e. The van der Waals surface area contributed by atoms with Gasteiger partial charge >= 0.3 is 6.03 Å². The molecule has 21 heavy (non-hydrogen) atoms. The van der Waals surface area contributed by atoms with Gasteiger partial charge in [0.05, 0.1) is 18.0 Å². The predicted octanol–water partition coefficient (Wildman–Crippen LogP) is 1.87. The van der Waals surface area contributed by atoms with E-state index in [9.17, 15) is 4.79 Å². The highest BCUT2D eigenvalue weighted by atomic mass is 32.1. The van der Waals surface area contributed by atoms with Gasteiger partial charge in [-0.05, 0) is 24.4 Å². The summed E-state index contributed by atoms with van der Waals surface area (Å²) in [7, 11) is 1.60. The van der Waals surface area contributed by atoms with Crippen LogP contribution in [0.15, 0.2) is 23.6 Å². The summed E-state index contributed by atoms with van der Waals surface area (Å²) in [6, 6.07) is 5.94. The lowest BCUT2D eigenvalue weighted by Gasteiger charge is -2.08. The molecule has 0 atom stereocenters. The van der Waals surface area contributed by atoms with Crippen LogP contribution in [0.25, 0.3) is 10.6 Å². The van der Waals surface area contributed by atoms with E-state index in [1.54, 1.807) is 18.4 Å². The molecule has 0 unspecified atom stereocenters. The number of nitrogens with one attached hydrogen (secondary N) is 2. The van der Waals surface area contributed by atoms with Crippen LogP contribution in [0.1, 0.15) is 5.69 Å². The van der Waals surface area contributed by atoms with Crippen molar-refractivity contribution in [2.75, 3.05) is 26.8 Å². The molecular weight excluding hydrogens is 288 g/mol. The molecular formula is C14H20N4O2S. The van der Waals surface area contributed by atoms with Crippen molar-refractivity contribution in [1.82, 2.24) is 20.4 Å². The second-order valence-electron chi connectivity index (χ2n) is 4.55. The molecule has 2 aromatic rings. The summed E-state index contributed by atoms with van der Waals surface area (Å²) >= 11 is 1.67. The number of urea groups is 1. The van der Waals surface area contributed by atoms with Crippen LogP contribution in [0.5, 0.6) is 0 Å². The van der Waals surface area contributed by atoms with E-state index in [4.69, 9.17) is 4.74 Å².